The van der Waals surface area contributed by atoms with Gasteiger partial charge in [-0.1, -0.05) is 46.6 Å². The topological polar surface area (TPSA) is 21.3 Å². The molecule has 106 valence electrons. The third-order valence-corrected chi connectivity index (χ3v) is 3.90. The lowest BCUT2D eigenvalue weighted by Crippen LogP contribution is -2.17. The molecule has 0 spiro atoms. The molecule has 0 aliphatic carbocycles. The summed E-state index contributed by atoms with van der Waals surface area (Å²) in [6, 6.07) is 13.7. The number of nitrogens with one attached hydrogen (secondary N) is 1. The molecule has 0 bridgehead atoms. The predicted octanol–water partition coefficient (Wildman–Crippen LogP) is 5.57. The van der Waals surface area contributed by atoms with Gasteiger partial charge in [-0.3, -0.25) is 0 Å². The molecular weight excluding hydrogens is 338 g/mol. The van der Waals surface area contributed by atoms with E-state index in [1.165, 1.54) is 5.56 Å². The van der Waals surface area contributed by atoms with Gasteiger partial charge in [0.1, 0.15) is 11.5 Å². The summed E-state index contributed by atoms with van der Waals surface area (Å²) in [6.45, 7) is 5.18. The largest absolute Gasteiger partial charge is 0.457 e. The molecule has 0 amide bonds. The summed E-state index contributed by atoms with van der Waals surface area (Å²) in [4.78, 5) is 0. The molecule has 1 atom stereocenters. The van der Waals surface area contributed by atoms with Crippen LogP contribution in [0.25, 0.3) is 0 Å². The van der Waals surface area contributed by atoms with E-state index in [9.17, 15) is 0 Å². The van der Waals surface area contributed by atoms with Gasteiger partial charge in [0.15, 0.2) is 0 Å². The van der Waals surface area contributed by atoms with Crippen LogP contribution in [0, 0.1) is 0 Å². The Morgan fingerprint density at radius 2 is 1.95 bits per heavy atom. The molecule has 0 fully saturated rings. The number of hydrogen-bond donors (Lipinski definition) is 1. The van der Waals surface area contributed by atoms with Crippen molar-refractivity contribution >= 4 is 27.5 Å². The molecule has 0 saturated carbocycles. The second kappa shape index (κ2) is 7.11. The highest BCUT2D eigenvalue weighted by atomic mass is 79.9. The number of halogens is 2. The van der Waals surface area contributed by atoms with Gasteiger partial charge >= 0.3 is 0 Å². The van der Waals surface area contributed by atoms with Crippen LogP contribution in [0.3, 0.4) is 0 Å². The fourth-order valence-electron chi connectivity index (χ4n) is 2.01. The van der Waals surface area contributed by atoms with Crippen molar-refractivity contribution in [2.24, 2.45) is 0 Å². The summed E-state index contributed by atoms with van der Waals surface area (Å²) < 4.78 is 6.83. The van der Waals surface area contributed by atoms with Gasteiger partial charge in [-0.2, -0.15) is 0 Å². The van der Waals surface area contributed by atoms with Crippen LogP contribution in [0.4, 0.5) is 0 Å². The lowest BCUT2D eigenvalue weighted by molar-refractivity contribution is 0.481. The van der Waals surface area contributed by atoms with Gasteiger partial charge in [-0.15, -0.1) is 0 Å². The molecule has 2 rings (SSSR count). The van der Waals surface area contributed by atoms with Crippen LogP contribution in [0.15, 0.2) is 46.9 Å². The Balaban J connectivity index is 2.17. The first-order valence-electron chi connectivity index (χ1n) is 6.56. The van der Waals surface area contributed by atoms with E-state index in [-0.39, 0.29) is 0 Å². The Hall–Kier alpha value is -1.03. The quantitative estimate of drug-likeness (QED) is 0.758. The van der Waals surface area contributed by atoms with Crippen molar-refractivity contribution < 1.29 is 4.74 Å². The van der Waals surface area contributed by atoms with Gasteiger partial charge in [0.05, 0.1) is 0 Å². The van der Waals surface area contributed by atoms with Gasteiger partial charge in [-0.25, -0.2) is 0 Å². The fraction of sp³-hybridized carbons (Fsp3) is 0.250. The van der Waals surface area contributed by atoms with Crippen molar-refractivity contribution in [3.63, 3.8) is 0 Å². The maximum Gasteiger partial charge on any atom is 0.128 e. The SMILES string of the molecule is CCNC(C)c1ccc(Oc2cccc(Cl)c2)cc1Br. The first-order chi connectivity index (χ1) is 9.60. The van der Waals surface area contributed by atoms with Gasteiger partial charge in [0, 0.05) is 15.5 Å². The Kier molecular flexibility index (Phi) is 5.46. The van der Waals surface area contributed by atoms with Gasteiger partial charge in [0.2, 0.25) is 0 Å². The standard InChI is InChI=1S/C16H17BrClNO/c1-3-19-11(2)15-8-7-14(10-16(15)17)20-13-6-4-5-12(18)9-13/h4-11,19H,3H2,1-2H3. The first kappa shape index (κ1) is 15.4. The molecule has 1 N–H and O–H groups in total. The molecule has 4 heteroatoms. The van der Waals surface area contributed by atoms with Crippen molar-refractivity contribution in [2.75, 3.05) is 6.54 Å². The highest BCUT2D eigenvalue weighted by molar-refractivity contribution is 9.10. The van der Waals surface area contributed by atoms with Crippen molar-refractivity contribution in [2.45, 2.75) is 19.9 Å². The van der Waals surface area contributed by atoms with E-state index in [1.54, 1.807) is 6.07 Å². The Labute approximate surface area is 133 Å². The van der Waals surface area contributed by atoms with Crippen LogP contribution in [0.1, 0.15) is 25.5 Å². The van der Waals surface area contributed by atoms with E-state index in [4.69, 9.17) is 16.3 Å². The van der Waals surface area contributed by atoms with Crippen LogP contribution in [0.2, 0.25) is 5.02 Å². The number of benzene rings is 2. The van der Waals surface area contributed by atoms with Crippen LogP contribution < -0.4 is 10.1 Å². The van der Waals surface area contributed by atoms with Gasteiger partial charge in [-0.05, 0) is 49.4 Å². The van der Waals surface area contributed by atoms with E-state index in [2.05, 4.69) is 41.2 Å². The third-order valence-electron chi connectivity index (χ3n) is 2.98. The number of hydrogen-bond acceptors (Lipinski definition) is 2. The molecule has 2 aromatic carbocycles. The Morgan fingerprint density at radius 3 is 2.60 bits per heavy atom. The summed E-state index contributed by atoms with van der Waals surface area (Å²) in [5.74, 6) is 1.52. The molecule has 2 aromatic rings. The molecule has 0 heterocycles. The lowest BCUT2D eigenvalue weighted by atomic mass is 10.1. The monoisotopic (exact) mass is 353 g/mol. The average molecular weight is 355 g/mol. The average Bonchev–Trinajstić information content (AvgIpc) is 2.39. The minimum atomic E-state index is 0.301. The number of rotatable bonds is 5. The van der Waals surface area contributed by atoms with E-state index in [0.717, 1.165) is 22.5 Å². The molecule has 0 aliphatic heterocycles. The molecule has 2 nitrogen and oxygen atoms in total. The zero-order valence-corrected chi connectivity index (χ0v) is 13.8. The summed E-state index contributed by atoms with van der Waals surface area (Å²) >= 11 is 9.55. The van der Waals surface area contributed by atoms with Crippen LogP contribution >= 0.6 is 27.5 Å². The summed E-state index contributed by atoms with van der Waals surface area (Å²) in [5, 5.41) is 4.06. The highest BCUT2D eigenvalue weighted by Crippen LogP contribution is 2.30. The Bertz CT molecular complexity index is 588. The highest BCUT2D eigenvalue weighted by Gasteiger charge is 2.09. The second-order valence-corrected chi connectivity index (χ2v) is 5.81. The first-order valence-corrected chi connectivity index (χ1v) is 7.73. The third kappa shape index (κ3) is 3.98. The zero-order valence-electron chi connectivity index (χ0n) is 11.5. The second-order valence-electron chi connectivity index (χ2n) is 4.52. The molecule has 0 saturated heterocycles. The van der Waals surface area contributed by atoms with Crippen molar-refractivity contribution in [3.8, 4) is 11.5 Å². The number of ether oxygens (including phenoxy) is 1. The van der Waals surface area contributed by atoms with E-state index >= 15 is 0 Å². The fourth-order valence-corrected chi connectivity index (χ4v) is 2.89. The molecule has 0 aromatic heterocycles. The van der Waals surface area contributed by atoms with Crippen LogP contribution in [-0.2, 0) is 0 Å². The molecular formula is C16H17BrClNO. The maximum absolute atomic E-state index is 5.95. The van der Waals surface area contributed by atoms with E-state index < -0.39 is 0 Å². The molecule has 0 aliphatic rings. The van der Waals surface area contributed by atoms with Gasteiger partial charge in [0.25, 0.3) is 0 Å². The summed E-state index contributed by atoms with van der Waals surface area (Å²) in [5.41, 5.74) is 1.21. The van der Waals surface area contributed by atoms with Crippen molar-refractivity contribution in [1.82, 2.24) is 5.32 Å². The summed E-state index contributed by atoms with van der Waals surface area (Å²) in [7, 11) is 0. The zero-order chi connectivity index (χ0) is 14.5. The minimum absolute atomic E-state index is 0.301. The van der Waals surface area contributed by atoms with Gasteiger partial charge < -0.3 is 10.1 Å². The minimum Gasteiger partial charge on any atom is -0.457 e. The van der Waals surface area contributed by atoms with E-state index in [1.807, 2.05) is 30.3 Å². The van der Waals surface area contributed by atoms with Crippen molar-refractivity contribution in [3.05, 3.63) is 57.5 Å². The predicted molar refractivity (Wildman–Crippen MR) is 87.8 cm³/mol. The van der Waals surface area contributed by atoms with E-state index in [0.29, 0.717) is 11.1 Å². The Morgan fingerprint density at radius 1 is 1.20 bits per heavy atom. The smallest absolute Gasteiger partial charge is 0.128 e. The van der Waals surface area contributed by atoms with Crippen LogP contribution in [-0.4, -0.2) is 6.54 Å². The molecule has 1 unspecified atom stereocenters. The van der Waals surface area contributed by atoms with Crippen LogP contribution in [0.5, 0.6) is 11.5 Å². The maximum atomic E-state index is 5.95. The normalized spacial score (nSPS) is 12.2. The lowest BCUT2D eigenvalue weighted by Gasteiger charge is -2.15. The van der Waals surface area contributed by atoms with Crippen molar-refractivity contribution in [1.29, 1.82) is 0 Å². The molecule has 0 radical (unpaired) electrons. The molecule has 20 heavy (non-hydrogen) atoms. The summed E-state index contributed by atoms with van der Waals surface area (Å²) in [6.07, 6.45) is 0.